The Morgan fingerprint density at radius 1 is 1.50 bits per heavy atom. The standard InChI is InChI=1S/C14H24N2OS/c1-3-12(6-8-15)4-5-14(17)16-11(2)13-7-9-18-10-13/h7,9-12H,3-6,8,15H2,1-2H3,(H,16,17). The summed E-state index contributed by atoms with van der Waals surface area (Å²) in [4.78, 5) is 11.8. The number of carbonyl (C=O) groups excluding carboxylic acids is 1. The Morgan fingerprint density at radius 2 is 2.28 bits per heavy atom. The summed E-state index contributed by atoms with van der Waals surface area (Å²) in [6, 6.07) is 2.16. The molecule has 0 aromatic carbocycles. The molecule has 0 aliphatic rings. The molecule has 102 valence electrons. The highest BCUT2D eigenvalue weighted by atomic mass is 32.1. The monoisotopic (exact) mass is 268 g/mol. The van der Waals surface area contributed by atoms with Crippen molar-refractivity contribution in [3.8, 4) is 0 Å². The van der Waals surface area contributed by atoms with Gasteiger partial charge in [0, 0.05) is 6.42 Å². The van der Waals surface area contributed by atoms with Crippen LogP contribution < -0.4 is 11.1 Å². The van der Waals surface area contributed by atoms with E-state index in [0.29, 0.717) is 18.9 Å². The smallest absolute Gasteiger partial charge is 0.220 e. The molecule has 0 fully saturated rings. The summed E-state index contributed by atoms with van der Waals surface area (Å²) in [5.41, 5.74) is 6.74. The van der Waals surface area contributed by atoms with Crippen molar-refractivity contribution in [3.63, 3.8) is 0 Å². The zero-order valence-electron chi connectivity index (χ0n) is 11.3. The molecule has 0 bridgehead atoms. The van der Waals surface area contributed by atoms with Crippen LogP contribution in [0.4, 0.5) is 0 Å². The molecule has 0 saturated heterocycles. The van der Waals surface area contributed by atoms with Crippen LogP contribution in [0.15, 0.2) is 16.8 Å². The molecular weight excluding hydrogens is 244 g/mol. The third kappa shape index (κ3) is 5.19. The van der Waals surface area contributed by atoms with Gasteiger partial charge in [-0.25, -0.2) is 0 Å². The van der Waals surface area contributed by atoms with Crippen molar-refractivity contribution in [2.45, 2.75) is 45.6 Å². The zero-order valence-corrected chi connectivity index (χ0v) is 12.1. The summed E-state index contributed by atoms with van der Waals surface area (Å²) in [5.74, 6) is 0.723. The van der Waals surface area contributed by atoms with E-state index in [1.807, 2.05) is 12.3 Å². The zero-order chi connectivity index (χ0) is 13.4. The van der Waals surface area contributed by atoms with Gasteiger partial charge in [-0.1, -0.05) is 13.3 Å². The summed E-state index contributed by atoms with van der Waals surface area (Å²) in [7, 11) is 0. The maximum atomic E-state index is 11.8. The Labute approximate surface area is 114 Å². The number of thiophene rings is 1. The molecule has 1 amide bonds. The predicted octanol–water partition coefficient (Wildman–Crippen LogP) is 3.08. The molecule has 4 heteroatoms. The Morgan fingerprint density at radius 3 is 2.83 bits per heavy atom. The van der Waals surface area contributed by atoms with E-state index in [9.17, 15) is 4.79 Å². The highest BCUT2D eigenvalue weighted by Gasteiger charge is 2.12. The van der Waals surface area contributed by atoms with Crippen LogP contribution in [0, 0.1) is 5.92 Å². The van der Waals surface area contributed by atoms with Gasteiger partial charge in [0.2, 0.25) is 5.91 Å². The fourth-order valence-corrected chi connectivity index (χ4v) is 2.80. The molecule has 2 unspecified atom stereocenters. The van der Waals surface area contributed by atoms with Crippen molar-refractivity contribution in [2.75, 3.05) is 6.54 Å². The molecule has 1 aromatic rings. The SMILES string of the molecule is CCC(CCN)CCC(=O)NC(C)c1ccsc1. The van der Waals surface area contributed by atoms with Crippen LogP contribution in [0.3, 0.4) is 0 Å². The van der Waals surface area contributed by atoms with Crippen molar-refractivity contribution in [2.24, 2.45) is 11.7 Å². The van der Waals surface area contributed by atoms with Gasteiger partial charge in [-0.2, -0.15) is 11.3 Å². The van der Waals surface area contributed by atoms with Gasteiger partial charge in [0.25, 0.3) is 0 Å². The van der Waals surface area contributed by atoms with E-state index in [0.717, 1.165) is 19.3 Å². The highest BCUT2D eigenvalue weighted by molar-refractivity contribution is 7.07. The minimum absolute atomic E-state index is 0.110. The first kappa shape index (κ1) is 15.2. The molecule has 0 aliphatic heterocycles. The van der Waals surface area contributed by atoms with Gasteiger partial charge in [-0.3, -0.25) is 4.79 Å². The van der Waals surface area contributed by atoms with Gasteiger partial charge < -0.3 is 11.1 Å². The molecule has 0 aliphatic carbocycles. The lowest BCUT2D eigenvalue weighted by atomic mass is 9.96. The molecule has 1 heterocycles. The first-order valence-electron chi connectivity index (χ1n) is 6.68. The molecule has 0 saturated carbocycles. The van der Waals surface area contributed by atoms with Crippen LogP contribution in [0.25, 0.3) is 0 Å². The van der Waals surface area contributed by atoms with Gasteiger partial charge in [-0.15, -0.1) is 0 Å². The minimum atomic E-state index is 0.110. The number of hydrogen-bond acceptors (Lipinski definition) is 3. The first-order chi connectivity index (χ1) is 8.67. The molecule has 0 radical (unpaired) electrons. The van der Waals surface area contributed by atoms with Gasteiger partial charge in [-0.05, 0) is 54.6 Å². The van der Waals surface area contributed by atoms with Crippen molar-refractivity contribution < 1.29 is 4.79 Å². The number of rotatable bonds is 8. The minimum Gasteiger partial charge on any atom is -0.350 e. The lowest BCUT2D eigenvalue weighted by Gasteiger charge is -2.15. The van der Waals surface area contributed by atoms with Crippen LogP contribution in [0.5, 0.6) is 0 Å². The number of nitrogens with two attached hydrogens (primary N) is 1. The Kier molecular flexibility index (Phi) is 6.98. The van der Waals surface area contributed by atoms with Gasteiger partial charge >= 0.3 is 0 Å². The van der Waals surface area contributed by atoms with Gasteiger partial charge in [0.1, 0.15) is 0 Å². The number of nitrogens with one attached hydrogen (secondary N) is 1. The second kappa shape index (κ2) is 8.27. The second-order valence-corrected chi connectivity index (χ2v) is 5.52. The maximum Gasteiger partial charge on any atom is 0.220 e. The molecule has 1 rings (SSSR count). The quantitative estimate of drug-likeness (QED) is 0.761. The molecule has 1 aromatic heterocycles. The third-order valence-corrected chi connectivity index (χ3v) is 4.05. The summed E-state index contributed by atoms with van der Waals surface area (Å²) >= 11 is 1.66. The fraction of sp³-hybridized carbons (Fsp3) is 0.643. The van der Waals surface area contributed by atoms with Crippen molar-refractivity contribution in [3.05, 3.63) is 22.4 Å². The first-order valence-corrected chi connectivity index (χ1v) is 7.63. The van der Waals surface area contributed by atoms with Crippen LogP contribution in [0.1, 0.15) is 51.1 Å². The number of amides is 1. The lowest BCUT2D eigenvalue weighted by molar-refractivity contribution is -0.122. The second-order valence-electron chi connectivity index (χ2n) is 4.74. The summed E-state index contributed by atoms with van der Waals surface area (Å²) in [5, 5.41) is 7.15. The van der Waals surface area contributed by atoms with E-state index in [4.69, 9.17) is 5.73 Å². The van der Waals surface area contributed by atoms with E-state index in [2.05, 4.69) is 23.7 Å². The van der Waals surface area contributed by atoms with Crippen molar-refractivity contribution in [1.82, 2.24) is 5.32 Å². The predicted molar refractivity (Wildman–Crippen MR) is 77.6 cm³/mol. The topological polar surface area (TPSA) is 55.1 Å². The highest BCUT2D eigenvalue weighted by Crippen LogP contribution is 2.17. The van der Waals surface area contributed by atoms with Crippen LogP contribution >= 0.6 is 11.3 Å². The maximum absolute atomic E-state index is 11.8. The molecular formula is C14H24N2OS. The molecule has 3 N–H and O–H groups in total. The van der Waals surface area contributed by atoms with E-state index in [1.54, 1.807) is 11.3 Å². The van der Waals surface area contributed by atoms with Crippen LogP contribution in [-0.4, -0.2) is 12.5 Å². The van der Waals surface area contributed by atoms with E-state index in [1.165, 1.54) is 5.56 Å². The normalized spacial score (nSPS) is 14.2. The molecule has 3 nitrogen and oxygen atoms in total. The number of hydrogen-bond donors (Lipinski definition) is 2. The van der Waals surface area contributed by atoms with E-state index in [-0.39, 0.29) is 11.9 Å². The van der Waals surface area contributed by atoms with E-state index < -0.39 is 0 Å². The Hall–Kier alpha value is -0.870. The summed E-state index contributed by atoms with van der Waals surface area (Å²) in [6.07, 6.45) is 3.66. The average molecular weight is 268 g/mol. The van der Waals surface area contributed by atoms with Crippen molar-refractivity contribution >= 4 is 17.2 Å². The summed E-state index contributed by atoms with van der Waals surface area (Å²) < 4.78 is 0. The number of carbonyl (C=O) groups is 1. The van der Waals surface area contributed by atoms with E-state index >= 15 is 0 Å². The molecule has 18 heavy (non-hydrogen) atoms. The fourth-order valence-electron chi connectivity index (χ4n) is 2.04. The molecule has 0 spiro atoms. The molecule has 2 atom stereocenters. The largest absolute Gasteiger partial charge is 0.350 e. The summed E-state index contributed by atoms with van der Waals surface area (Å²) in [6.45, 7) is 4.90. The van der Waals surface area contributed by atoms with Crippen molar-refractivity contribution in [1.29, 1.82) is 0 Å². The lowest BCUT2D eigenvalue weighted by Crippen LogP contribution is -2.26. The average Bonchev–Trinajstić information content (AvgIpc) is 2.88. The van der Waals surface area contributed by atoms with Gasteiger partial charge in [0.05, 0.1) is 6.04 Å². The Bertz CT molecular complexity index is 338. The van der Waals surface area contributed by atoms with Crippen LogP contribution in [-0.2, 0) is 4.79 Å². The Balaban J connectivity index is 2.29. The third-order valence-electron chi connectivity index (χ3n) is 3.35. The van der Waals surface area contributed by atoms with Gasteiger partial charge in [0.15, 0.2) is 0 Å². The van der Waals surface area contributed by atoms with Crippen LogP contribution in [0.2, 0.25) is 0 Å².